The Balaban J connectivity index is 3.83. The highest BCUT2D eigenvalue weighted by Gasteiger charge is 2.20. The molecule has 0 bridgehead atoms. The molecule has 4 unspecified atom stereocenters. The van der Waals surface area contributed by atoms with Gasteiger partial charge in [-0.25, -0.2) is 0 Å². The lowest BCUT2D eigenvalue weighted by Gasteiger charge is -2.25. The fourth-order valence-corrected chi connectivity index (χ4v) is 1.71. The van der Waals surface area contributed by atoms with Crippen molar-refractivity contribution in [2.24, 2.45) is 11.8 Å². The smallest absolute Gasteiger partial charge is 0.0776 e. The number of hydrogen-bond acceptors (Lipinski definition) is 3. The SMILES string of the molecule is CCC(O)C(C)C(C)OCC(O)CC(C)C. The Morgan fingerprint density at radius 1 is 1.06 bits per heavy atom. The van der Waals surface area contributed by atoms with Gasteiger partial charge < -0.3 is 14.9 Å². The Morgan fingerprint density at radius 3 is 2.06 bits per heavy atom. The van der Waals surface area contributed by atoms with Crippen molar-refractivity contribution >= 4 is 0 Å². The van der Waals surface area contributed by atoms with Gasteiger partial charge in [0.15, 0.2) is 0 Å². The van der Waals surface area contributed by atoms with Crippen LogP contribution < -0.4 is 0 Å². The first-order valence-corrected chi connectivity index (χ1v) is 6.36. The van der Waals surface area contributed by atoms with E-state index in [4.69, 9.17) is 4.74 Å². The molecule has 0 amide bonds. The summed E-state index contributed by atoms with van der Waals surface area (Å²) in [6, 6.07) is 0. The van der Waals surface area contributed by atoms with Gasteiger partial charge >= 0.3 is 0 Å². The largest absolute Gasteiger partial charge is 0.393 e. The second-order valence-electron chi connectivity index (χ2n) is 5.16. The molecule has 0 saturated carbocycles. The zero-order valence-corrected chi connectivity index (χ0v) is 11.3. The van der Waals surface area contributed by atoms with E-state index in [1.807, 2.05) is 20.8 Å². The van der Waals surface area contributed by atoms with E-state index in [0.717, 1.165) is 12.8 Å². The van der Waals surface area contributed by atoms with Crippen LogP contribution in [0, 0.1) is 11.8 Å². The first kappa shape index (κ1) is 15.9. The minimum atomic E-state index is -0.395. The number of aliphatic hydroxyl groups excluding tert-OH is 2. The number of ether oxygens (including phenoxy) is 1. The fourth-order valence-electron chi connectivity index (χ4n) is 1.71. The van der Waals surface area contributed by atoms with Crippen molar-refractivity contribution in [2.75, 3.05) is 6.61 Å². The van der Waals surface area contributed by atoms with Gasteiger partial charge in [-0.2, -0.15) is 0 Å². The van der Waals surface area contributed by atoms with Gasteiger partial charge in [0, 0.05) is 5.92 Å². The molecule has 0 aliphatic heterocycles. The Labute approximate surface area is 99.8 Å². The summed E-state index contributed by atoms with van der Waals surface area (Å²) in [5.74, 6) is 0.587. The molecular weight excluding hydrogens is 204 g/mol. The summed E-state index contributed by atoms with van der Waals surface area (Å²) in [4.78, 5) is 0. The quantitative estimate of drug-likeness (QED) is 0.674. The molecule has 0 saturated heterocycles. The van der Waals surface area contributed by atoms with Crippen molar-refractivity contribution in [3.05, 3.63) is 0 Å². The van der Waals surface area contributed by atoms with Crippen LogP contribution in [0.1, 0.15) is 47.5 Å². The van der Waals surface area contributed by atoms with Gasteiger partial charge in [0.05, 0.1) is 24.9 Å². The topological polar surface area (TPSA) is 49.7 Å². The van der Waals surface area contributed by atoms with Gasteiger partial charge in [-0.1, -0.05) is 27.7 Å². The molecule has 0 fully saturated rings. The van der Waals surface area contributed by atoms with E-state index in [0.29, 0.717) is 12.5 Å². The summed E-state index contributed by atoms with van der Waals surface area (Å²) in [5.41, 5.74) is 0. The Bertz CT molecular complexity index is 171. The molecule has 0 radical (unpaired) electrons. The highest BCUT2D eigenvalue weighted by Crippen LogP contribution is 2.15. The average Bonchev–Trinajstić information content (AvgIpc) is 2.22. The van der Waals surface area contributed by atoms with E-state index in [-0.39, 0.29) is 18.1 Å². The summed E-state index contributed by atoms with van der Waals surface area (Å²) >= 11 is 0. The molecule has 3 heteroatoms. The van der Waals surface area contributed by atoms with E-state index in [2.05, 4.69) is 13.8 Å². The molecule has 0 aliphatic rings. The highest BCUT2D eigenvalue weighted by molar-refractivity contribution is 4.70. The van der Waals surface area contributed by atoms with E-state index >= 15 is 0 Å². The van der Waals surface area contributed by atoms with E-state index in [1.165, 1.54) is 0 Å². The second kappa shape index (κ2) is 8.04. The summed E-state index contributed by atoms with van der Waals surface area (Å²) in [5, 5.41) is 19.3. The summed E-state index contributed by atoms with van der Waals surface area (Å²) < 4.78 is 5.58. The highest BCUT2D eigenvalue weighted by atomic mass is 16.5. The molecule has 0 aliphatic carbocycles. The van der Waals surface area contributed by atoms with Crippen LogP contribution in [0.3, 0.4) is 0 Å². The van der Waals surface area contributed by atoms with Crippen molar-refractivity contribution in [1.29, 1.82) is 0 Å². The number of rotatable bonds is 8. The Hall–Kier alpha value is -0.120. The zero-order valence-electron chi connectivity index (χ0n) is 11.3. The van der Waals surface area contributed by atoms with Crippen molar-refractivity contribution in [2.45, 2.75) is 65.8 Å². The lowest BCUT2D eigenvalue weighted by molar-refractivity contribution is -0.0553. The fraction of sp³-hybridized carbons (Fsp3) is 1.00. The maximum absolute atomic E-state index is 9.67. The van der Waals surface area contributed by atoms with Gasteiger partial charge in [-0.15, -0.1) is 0 Å². The third-order valence-electron chi connectivity index (χ3n) is 3.06. The molecule has 3 nitrogen and oxygen atoms in total. The van der Waals surface area contributed by atoms with E-state index in [1.54, 1.807) is 0 Å². The first-order valence-electron chi connectivity index (χ1n) is 6.36. The monoisotopic (exact) mass is 232 g/mol. The van der Waals surface area contributed by atoms with Crippen LogP contribution >= 0.6 is 0 Å². The lowest BCUT2D eigenvalue weighted by Crippen LogP contribution is -2.31. The predicted octanol–water partition coefficient (Wildman–Crippen LogP) is 2.21. The summed E-state index contributed by atoms with van der Waals surface area (Å²) in [6.07, 6.45) is 0.767. The minimum Gasteiger partial charge on any atom is -0.393 e. The van der Waals surface area contributed by atoms with Gasteiger partial charge in [-0.3, -0.25) is 0 Å². The molecule has 0 aromatic rings. The van der Waals surface area contributed by atoms with Crippen LogP contribution in [0.2, 0.25) is 0 Å². The molecule has 4 atom stereocenters. The van der Waals surface area contributed by atoms with Gasteiger partial charge in [0.2, 0.25) is 0 Å². The molecule has 0 aromatic heterocycles. The lowest BCUT2D eigenvalue weighted by atomic mass is 9.97. The maximum atomic E-state index is 9.67. The molecule has 0 aromatic carbocycles. The standard InChI is InChI=1S/C13H28O3/c1-6-13(15)10(4)11(5)16-8-12(14)7-9(2)3/h9-15H,6-8H2,1-5H3. The zero-order chi connectivity index (χ0) is 12.7. The third kappa shape index (κ3) is 6.46. The molecule has 0 spiro atoms. The van der Waals surface area contributed by atoms with Crippen molar-refractivity contribution < 1.29 is 14.9 Å². The van der Waals surface area contributed by atoms with Crippen LogP contribution in [-0.2, 0) is 4.74 Å². The second-order valence-corrected chi connectivity index (χ2v) is 5.16. The first-order chi connectivity index (χ1) is 7.38. The number of aliphatic hydroxyl groups is 2. The van der Waals surface area contributed by atoms with Gasteiger partial charge in [0.1, 0.15) is 0 Å². The van der Waals surface area contributed by atoms with Crippen LogP contribution in [0.25, 0.3) is 0 Å². The Kier molecular flexibility index (Phi) is 7.98. The van der Waals surface area contributed by atoms with E-state index < -0.39 is 6.10 Å². The maximum Gasteiger partial charge on any atom is 0.0776 e. The molecule has 2 N–H and O–H groups in total. The molecule has 0 rings (SSSR count). The van der Waals surface area contributed by atoms with Crippen LogP contribution in [-0.4, -0.2) is 35.1 Å². The van der Waals surface area contributed by atoms with E-state index in [9.17, 15) is 10.2 Å². The number of hydrogen-bond donors (Lipinski definition) is 2. The van der Waals surface area contributed by atoms with Crippen LogP contribution in [0.5, 0.6) is 0 Å². The molecule has 0 heterocycles. The molecule has 16 heavy (non-hydrogen) atoms. The summed E-state index contributed by atoms with van der Waals surface area (Å²) in [6.45, 7) is 10.4. The molecular formula is C13H28O3. The minimum absolute atomic E-state index is 0.0169. The normalized spacial score (nSPS) is 19.5. The third-order valence-corrected chi connectivity index (χ3v) is 3.06. The van der Waals surface area contributed by atoms with Crippen molar-refractivity contribution in [3.8, 4) is 0 Å². The van der Waals surface area contributed by atoms with Crippen LogP contribution in [0.4, 0.5) is 0 Å². The van der Waals surface area contributed by atoms with Crippen molar-refractivity contribution in [1.82, 2.24) is 0 Å². The Morgan fingerprint density at radius 2 is 1.62 bits per heavy atom. The molecule has 98 valence electrons. The van der Waals surface area contributed by atoms with Crippen LogP contribution in [0.15, 0.2) is 0 Å². The average molecular weight is 232 g/mol. The van der Waals surface area contributed by atoms with Crippen molar-refractivity contribution in [3.63, 3.8) is 0 Å². The van der Waals surface area contributed by atoms with Gasteiger partial charge in [-0.05, 0) is 25.7 Å². The summed E-state index contributed by atoms with van der Waals surface area (Å²) in [7, 11) is 0. The predicted molar refractivity (Wildman–Crippen MR) is 66.3 cm³/mol. The van der Waals surface area contributed by atoms with Gasteiger partial charge in [0.25, 0.3) is 0 Å².